The molecule has 4 N–H and O–H groups in total. The molecule has 0 radical (unpaired) electrons. The molecule has 0 saturated carbocycles. The molecule has 4 rings (SSSR count). The number of rotatable bonds is 14. The molecule has 0 saturated heterocycles. The van der Waals surface area contributed by atoms with Crippen molar-refractivity contribution in [3.05, 3.63) is 99.2 Å². The Balaban J connectivity index is 1.40. The number of esters is 1. The summed E-state index contributed by atoms with van der Waals surface area (Å²) in [7, 11) is 0. The summed E-state index contributed by atoms with van der Waals surface area (Å²) in [6.45, 7) is 5.57. The summed E-state index contributed by atoms with van der Waals surface area (Å²) in [4.78, 5) is 36.5. The van der Waals surface area contributed by atoms with Crippen LogP contribution < -0.4 is 30.3 Å². The quantitative estimate of drug-likeness (QED) is 0.0795. The van der Waals surface area contributed by atoms with Gasteiger partial charge in [-0.25, -0.2) is 15.0 Å². The summed E-state index contributed by atoms with van der Waals surface area (Å²) >= 11 is 11.8. The maximum atomic E-state index is 12.8. The number of hydrogen-bond acceptors (Lipinski definition) is 9. The molecule has 12 nitrogen and oxygen atoms in total. The third kappa shape index (κ3) is 9.21. The first-order valence-electron chi connectivity index (χ1n) is 14.5. The van der Waals surface area contributed by atoms with Gasteiger partial charge in [0.15, 0.2) is 23.2 Å². The Bertz CT molecular complexity index is 1710. The molecule has 47 heavy (non-hydrogen) atoms. The van der Waals surface area contributed by atoms with Crippen molar-refractivity contribution in [2.75, 3.05) is 19.8 Å². The normalized spacial score (nSPS) is 14.2. The molecule has 0 spiro atoms. The predicted molar refractivity (Wildman–Crippen MR) is 179 cm³/mol. The lowest BCUT2D eigenvalue weighted by atomic mass is 9.95. The number of carboxylic acids is 1. The molecule has 0 fully saturated rings. The van der Waals surface area contributed by atoms with Crippen LogP contribution in [0.15, 0.2) is 77.0 Å². The van der Waals surface area contributed by atoms with Gasteiger partial charge in [0.1, 0.15) is 12.4 Å². The number of thiocarbonyl (C=S) groups is 1. The van der Waals surface area contributed by atoms with Gasteiger partial charge in [0.2, 0.25) is 0 Å². The molecule has 0 aromatic heterocycles. The molecule has 1 aliphatic rings. The molecule has 246 valence electrons. The van der Waals surface area contributed by atoms with Gasteiger partial charge in [-0.3, -0.25) is 4.79 Å². The first-order chi connectivity index (χ1) is 22.6. The van der Waals surface area contributed by atoms with E-state index in [2.05, 4.69) is 21.2 Å². The highest BCUT2D eigenvalue weighted by Gasteiger charge is 2.32. The molecular weight excluding hydrogens is 648 g/mol. The van der Waals surface area contributed by atoms with Crippen LogP contribution in [0.4, 0.5) is 0 Å². The molecule has 0 bridgehead atoms. The van der Waals surface area contributed by atoms with Crippen molar-refractivity contribution in [3.8, 4) is 17.2 Å². The summed E-state index contributed by atoms with van der Waals surface area (Å²) < 4.78 is 22.7. The van der Waals surface area contributed by atoms with Crippen LogP contribution in [0.3, 0.4) is 0 Å². The summed E-state index contributed by atoms with van der Waals surface area (Å²) in [5.41, 5.74) is 5.36. The molecule has 14 heteroatoms. The second kappa shape index (κ2) is 16.4. The average molecular weight is 681 g/mol. The molecule has 1 heterocycles. The summed E-state index contributed by atoms with van der Waals surface area (Å²) in [5, 5.41) is 19.7. The molecule has 1 atom stereocenters. The molecule has 0 unspecified atom stereocenters. The Morgan fingerprint density at radius 1 is 1.02 bits per heavy atom. The second-order valence-corrected chi connectivity index (χ2v) is 10.8. The largest absolute Gasteiger partial charge is 0.490 e. The topological polar surface area (TPSA) is 157 Å². The first-order valence-corrected chi connectivity index (χ1v) is 15.3. The number of nitrogens with zero attached hydrogens (tertiary/aromatic N) is 1. The molecule has 3 aromatic rings. The number of carboxylic acid groups (broad SMARTS) is 1. The number of hydrazone groups is 1. The van der Waals surface area contributed by atoms with Crippen LogP contribution in [0.2, 0.25) is 5.02 Å². The van der Waals surface area contributed by atoms with Crippen molar-refractivity contribution >= 4 is 53.0 Å². The monoisotopic (exact) mass is 680 g/mol. The number of ether oxygens (including phenoxy) is 4. The van der Waals surface area contributed by atoms with Crippen molar-refractivity contribution < 1.29 is 38.4 Å². The first kappa shape index (κ1) is 34.7. The van der Waals surface area contributed by atoms with Crippen molar-refractivity contribution in [3.63, 3.8) is 0 Å². The highest BCUT2D eigenvalue weighted by atomic mass is 35.5. The van der Waals surface area contributed by atoms with E-state index >= 15 is 0 Å². The Morgan fingerprint density at radius 3 is 2.47 bits per heavy atom. The zero-order valence-corrected chi connectivity index (χ0v) is 27.4. The smallest absolute Gasteiger partial charge is 0.338 e. The minimum Gasteiger partial charge on any atom is -0.490 e. The predicted octanol–water partition coefficient (Wildman–Crippen LogP) is 4.90. The van der Waals surface area contributed by atoms with Crippen LogP contribution in [0.5, 0.6) is 17.2 Å². The molecular formula is C33H33ClN4O8S. The summed E-state index contributed by atoms with van der Waals surface area (Å²) in [6, 6.07) is 15.9. The number of halogens is 1. The molecule has 3 aromatic carbocycles. The number of hydrogen-bond donors (Lipinski definition) is 4. The van der Waals surface area contributed by atoms with Crippen molar-refractivity contribution in [1.82, 2.24) is 16.1 Å². The van der Waals surface area contributed by atoms with Gasteiger partial charge < -0.3 is 34.7 Å². The van der Waals surface area contributed by atoms with E-state index in [-0.39, 0.29) is 30.4 Å². The van der Waals surface area contributed by atoms with Crippen molar-refractivity contribution in [1.29, 1.82) is 0 Å². The van der Waals surface area contributed by atoms with E-state index in [1.54, 1.807) is 62.4 Å². The van der Waals surface area contributed by atoms with E-state index < -0.39 is 23.9 Å². The fourth-order valence-electron chi connectivity index (χ4n) is 4.58. The fourth-order valence-corrected chi connectivity index (χ4v) is 5.12. The van der Waals surface area contributed by atoms with E-state index in [0.29, 0.717) is 51.4 Å². The van der Waals surface area contributed by atoms with Crippen LogP contribution in [-0.4, -0.2) is 54.1 Å². The van der Waals surface area contributed by atoms with Gasteiger partial charge in [0.25, 0.3) is 5.91 Å². The molecule has 0 aliphatic carbocycles. The van der Waals surface area contributed by atoms with E-state index in [0.717, 1.165) is 5.56 Å². The third-order valence-corrected chi connectivity index (χ3v) is 7.17. The van der Waals surface area contributed by atoms with Crippen LogP contribution in [0.1, 0.15) is 53.9 Å². The number of para-hydroxylation sites is 1. The Morgan fingerprint density at radius 2 is 1.77 bits per heavy atom. The maximum absolute atomic E-state index is 12.8. The van der Waals surface area contributed by atoms with Gasteiger partial charge in [-0.2, -0.15) is 5.10 Å². The van der Waals surface area contributed by atoms with Gasteiger partial charge in [-0.1, -0.05) is 41.9 Å². The Labute approximate surface area is 281 Å². The van der Waals surface area contributed by atoms with E-state index in [1.807, 2.05) is 6.92 Å². The number of allylic oxidation sites excluding steroid dienone is 1. The van der Waals surface area contributed by atoms with Gasteiger partial charge in [0, 0.05) is 11.3 Å². The number of aromatic carboxylic acids is 1. The maximum Gasteiger partial charge on any atom is 0.338 e. The van der Waals surface area contributed by atoms with E-state index in [1.165, 1.54) is 18.3 Å². The van der Waals surface area contributed by atoms with Crippen LogP contribution >= 0.6 is 23.8 Å². The number of amides is 1. The summed E-state index contributed by atoms with van der Waals surface area (Å²) in [6.07, 6.45) is 1.40. The van der Waals surface area contributed by atoms with Crippen molar-refractivity contribution in [2.45, 2.75) is 33.4 Å². The van der Waals surface area contributed by atoms with Gasteiger partial charge in [-0.15, -0.1) is 0 Å². The zero-order valence-electron chi connectivity index (χ0n) is 25.8. The fraction of sp³-hybridized carbons (Fsp3) is 0.242. The lowest BCUT2D eigenvalue weighted by Crippen LogP contribution is -2.45. The highest BCUT2D eigenvalue weighted by Crippen LogP contribution is 2.37. The highest BCUT2D eigenvalue weighted by molar-refractivity contribution is 7.80. The average Bonchev–Trinajstić information content (AvgIpc) is 3.03. The van der Waals surface area contributed by atoms with Gasteiger partial charge in [0.05, 0.1) is 41.6 Å². The molecule has 1 aliphatic heterocycles. The number of benzene rings is 3. The van der Waals surface area contributed by atoms with Crippen LogP contribution in [0, 0.1) is 0 Å². The van der Waals surface area contributed by atoms with Gasteiger partial charge in [-0.05, 0) is 74.4 Å². The lowest BCUT2D eigenvalue weighted by Gasteiger charge is -2.30. The standard InChI is InChI=1S/C33H33ClN4O8S/c1-4-43-26-15-21(14-24(34)30(26)46-17-20-10-12-22(13-11-20)31(40)41)16-35-38-27(39)18-45-25-9-7-6-8-23(25)29-28(32(42)44-5-2)19(3)36-33(47)37-29/h6-16,29H,4-5,17-18H2,1-3H3,(H,38,39)(H,40,41)(H2,36,37,47)/t29-/m0/s1. The summed E-state index contributed by atoms with van der Waals surface area (Å²) in [5.74, 6) is -1.01. The Kier molecular flexibility index (Phi) is 12.1. The lowest BCUT2D eigenvalue weighted by molar-refractivity contribution is -0.139. The van der Waals surface area contributed by atoms with Gasteiger partial charge >= 0.3 is 11.9 Å². The van der Waals surface area contributed by atoms with E-state index in [9.17, 15) is 14.4 Å². The number of carbonyl (C=O) groups excluding carboxylic acids is 2. The Hall–Kier alpha value is -5.14. The minimum absolute atomic E-state index is 0.132. The number of nitrogens with one attached hydrogen (secondary N) is 3. The third-order valence-electron chi connectivity index (χ3n) is 6.67. The molecule has 1 amide bonds. The van der Waals surface area contributed by atoms with Crippen LogP contribution in [0.25, 0.3) is 0 Å². The minimum atomic E-state index is -1.01. The van der Waals surface area contributed by atoms with Crippen LogP contribution in [-0.2, 0) is 20.9 Å². The van der Waals surface area contributed by atoms with Crippen molar-refractivity contribution in [2.24, 2.45) is 5.10 Å². The van der Waals surface area contributed by atoms with E-state index in [4.69, 9.17) is 47.9 Å². The second-order valence-electron chi connectivity index (χ2n) is 9.96. The zero-order chi connectivity index (χ0) is 33.9. The SMILES string of the molecule is CCOC(=O)C1=C(C)NC(=S)N[C@H]1c1ccccc1OCC(=O)NN=Cc1cc(Cl)c(OCc2ccc(C(=O)O)cc2)c(OCC)c1. The number of carbonyl (C=O) groups is 3.